The fourth-order valence-corrected chi connectivity index (χ4v) is 2.37. The summed E-state index contributed by atoms with van der Waals surface area (Å²) in [7, 11) is 0. The van der Waals surface area contributed by atoms with Crippen molar-refractivity contribution in [3.63, 3.8) is 0 Å². The van der Waals surface area contributed by atoms with Crippen molar-refractivity contribution in [1.82, 2.24) is 0 Å². The van der Waals surface area contributed by atoms with Crippen LogP contribution in [0.15, 0.2) is 17.1 Å². The van der Waals surface area contributed by atoms with Crippen LogP contribution >= 0.6 is 22.6 Å². The highest BCUT2D eigenvalue weighted by atomic mass is 127. The summed E-state index contributed by atoms with van der Waals surface area (Å²) in [5, 5.41) is 10.6. The summed E-state index contributed by atoms with van der Waals surface area (Å²) in [6.07, 6.45) is 2.59. The Morgan fingerprint density at radius 1 is 1.50 bits per heavy atom. The van der Waals surface area contributed by atoms with E-state index in [9.17, 15) is 10.1 Å². The minimum absolute atomic E-state index is 0.140. The van der Waals surface area contributed by atoms with Gasteiger partial charge in [0.25, 0.3) is 5.69 Å². The molecule has 2 rings (SSSR count). The second-order valence-electron chi connectivity index (χ2n) is 3.04. The zero-order valence-electron chi connectivity index (χ0n) is 7.24. The number of benzene rings is 1. The van der Waals surface area contributed by atoms with E-state index >= 15 is 0 Å². The van der Waals surface area contributed by atoms with E-state index in [1.165, 1.54) is 5.56 Å². The molecule has 5 heteroatoms. The molecule has 1 aliphatic heterocycles. The van der Waals surface area contributed by atoms with E-state index in [0.29, 0.717) is 0 Å². The molecular weight excluding hydrogens is 295 g/mol. The van der Waals surface area contributed by atoms with Crippen molar-refractivity contribution in [3.8, 4) is 0 Å². The van der Waals surface area contributed by atoms with Crippen LogP contribution in [-0.4, -0.2) is 17.7 Å². The zero-order chi connectivity index (χ0) is 10.1. The third-order valence-corrected chi connectivity index (χ3v) is 3.11. The molecule has 0 aromatic heterocycles. The van der Waals surface area contributed by atoms with Crippen molar-refractivity contribution < 1.29 is 4.92 Å². The molecule has 0 aliphatic carbocycles. The molecule has 0 bridgehead atoms. The second kappa shape index (κ2) is 3.64. The van der Waals surface area contributed by atoms with E-state index in [-0.39, 0.29) is 10.6 Å². The average molecular weight is 302 g/mol. The molecule has 4 nitrogen and oxygen atoms in total. The van der Waals surface area contributed by atoms with Crippen molar-refractivity contribution in [2.45, 2.75) is 6.42 Å². The SMILES string of the molecule is O=[N+]([O-])c1cc(I)c2c(c1)C=NCC2. The highest BCUT2D eigenvalue weighted by molar-refractivity contribution is 14.1. The molecule has 1 heterocycles. The van der Waals surface area contributed by atoms with Crippen molar-refractivity contribution in [2.75, 3.05) is 6.54 Å². The summed E-state index contributed by atoms with van der Waals surface area (Å²) < 4.78 is 0.956. The van der Waals surface area contributed by atoms with Crippen LogP contribution in [0.4, 0.5) is 5.69 Å². The predicted octanol–water partition coefficient (Wildman–Crippen LogP) is 2.17. The van der Waals surface area contributed by atoms with Crippen molar-refractivity contribution in [1.29, 1.82) is 0 Å². The van der Waals surface area contributed by atoms with Crippen LogP contribution in [0.1, 0.15) is 11.1 Å². The second-order valence-corrected chi connectivity index (χ2v) is 4.20. The van der Waals surface area contributed by atoms with Gasteiger partial charge in [-0.2, -0.15) is 0 Å². The Bertz CT molecular complexity index is 429. The molecule has 14 heavy (non-hydrogen) atoms. The number of hydrogen-bond acceptors (Lipinski definition) is 3. The maximum absolute atomic E-state index is 10.6. The van der Waals surface area contributed by atoms with Gasteiger partial charge in [-0.1, -0.05) is 0 Å². The van der Waals surface area contributed by atoms with Crippen LogP contribution in [0.2, 0.25) is 0 Å². The normalized spacial score (nSPS) is 13.8. The lowest BCUT2D eigenvalue weighted by Crippen LogP contribution is -2.06. The van der Waals surface area contributed by atoms with Crippen LogP contribution in [0.5, 0.6) is 0 Å². The van der Waals surface area contributed by atoms with Crippen LogP contribution in [0, 0.1) is 13.7 Å². The summed E-state index contributed by atoms with van der Waals surface area (Å²) in [4.78, 5) is 14.3. The van der Waals surface area contributed by atoms with Gasteiger partial charge in [0, 0.05) is 34.0 Å². The van der Waals surface area contributed by atoms with Gasteiger partial charge < -0.3 is 0 Å². The summed E-state index contributed by atoms with van der Waals surface area (Å²) in [6.45, 7) is 0.779. The molecule has 0 spiro atoms. The Labute approximate surface area is 94.3 Å². The van der Waals surface area contributed by atoms with Gasteiger partial charge in [0.1, 0.15) is 0 Å². The van der Waals surface area contributed by atoms with Gasteiger partial charge in [-0.25, -0.2) is 0 Å². The first-order valence-corrected chi connectivity index (χ1v) is 5.23. The highest BCUT2D eigenvalue weighted by Gasteiger charge is 2.15. The smallest absolute Gasteiger partial charge is 0.271 e. The average Bonchev–Trinajstić information content (AvgIpc) is 2.17. The summed E-state index contributed by atoms with van der Waals surface area (Å²) >= 11 is 2.14. The number of nitro groups is 1. The fourth-order valence-electron chi connectivity index (χ4n) is 1.47. The first-order chi connectivity index (χ1) is 6.68. The minimum atomic E-state index is -0.370. The molecule has 0 atom stereocenters. The number of halogens is 1. The lowest BCUT2D eigenvalue weighted by molar-refractivity contribution is -0.385. The summed E-state index contributed by atoms with van der Waals surface area (Å²) in [5.41, 5.74) is 2.20. The zero-order valence-corrected chi connectivity index (χ0v) is 9.39. The van der Waals surface area contributed by atoms with E-state index in [1.54, 1.807) is 18.3 Å². The number of nitrogens with zero attached hydrogens (tertiary/aromatic N) is 2. The quantitative estimate of drug-likeness (QED) is 0.453. The maximum atomic E-state index is 10.6. The Kier molecular flexibility index (Phi) is 2.49. The molecule has 0 fully saturated rings. The molecule has 0 N–H and O–H groups in total. The maximum Gasteiger partial charge on any atom is 0.271 e. The topological polar surface area (TPSA) is 55.5 Å². The van der Waals surface area contributed by atoms with E-state index in [0.717, 1.165) is 22.1 Å². The molecule has 1 aliphatic rings. The number of hydrogen-bond donors (Lipinski definition) is 0. The molecule has 0 amide bonds. The third-order valence-electron chi connectivity index (χ3n) is 2.15. The Morgan fingerprint density at radius 2 is 2.29 bits per heavy atom. The van der Waals surface area contributed by atoms with Gasteiger partial charge in [-0.3, -0.25) is 15.1 Å². The van der Waals surface area contributed by atoms with E-state index in [2.05, 4.69) is 27.6 Å². The number of aliphatic imine (C=N–C) groups is 1. The van der Waals surface area contributed by atoms with Crippen LogP contribution in [0.25, 0.3) is 0 Å². The molecule has 1 aromatic carbocycles. The Morgan fingerprint density at radius 3 is 3.00 bits per heavy atom. The molecule has 72 valence electrons. The van der Waals surface area contributed by atoms with Gasteiger partial charge in [-0.15, -0.1) is 0 Å². The monoisotopic (exact) mass is 302 g/mol. The summed E-state index contributed by atoms with van der Waals surface area (Å²) in [5.74, 6) is 0. The van der Waals surface area contributed by atoms with Crippen LogP contribution in [-0.2, 0) is 6.42 Å². The lowest BCUT2D eigenvalue weighted by Gasteiger charge is -2.11. The van der Waals surface area contributed by atoms with Crippen molar-refractivity contribution >= 4 is 34.5 Å². The van der Waals surface area contributed by atoms with Crippen LogP contribution in [0.3, 0.4) is 0 Å². The van der Waals surface area contributed by atoms with Gasteiger partial charge in [0.05, 0.1) is 4.92 Å². The number of fused-ring (bicyclic) bond motifs is 1. The first-order valence-electron chi connectivity index (χ1n) is 4.15. The van der Waals surface area contributed by atoms with Gasteiger partial charge in [0.2, 0.25) is 0 Å². The molecule has 1 aromatic rings. The van der Waals surface area contributed by atoms with Gasteiger partial charge in [-0.05, 0) is 34.6 Å². The molecule has 0 saturated heterocycles. The molecular formula is C9H7IN2O2. The highest BCUT2D eigenvalue weighted by Crippen LogP contribution is 2.25. The number of non-ortho nitro benzene ring substituents is 1. The third kappa shape index (κ3) is 1.63. The van der Waals surface area contributed by atoms with Gasteiger partial charge >= 0.3 is 0 Å². The largest absolute Gasteiger partial charge is 0.292 e. The van der Waals surface area contributed by atoms with Crippen molar-refractivity contribution in [2.24, 2.45) is 4.99 Å². The number of rotatable bonds is 1. The molecule has 0 saturated carbocycles. The van der Waals surface area contributed by atoms with E-state index in [4.69, 9.17) is 0 Å². The molecule has 0 radical (unpaired) electrons. The van der Waals surface area contributed by atoms with Crippen LogP contribution < -0.4 is 0 Å². The Hall–Kier alpha value is -0.980. The standard InChI is InChI=1S/C9H7IN2O2/c10-9-4-7(12(13)14)3-6-5-11-2-1-8(6)9/h3-5H,1-2H2. The first kappa shape index (κ1) is 9.57. The fraction of sp³-hybridized carbons (Fsp3) is 0.222. The van der Waals surface area contributed by atoms with E-state index in [1.807, 2.05) is 0 Å². The predicted molar refractivity (Wildman–Crippen MR) is 62.0 cm³/mol. The molecule has 0 unspecified atom stereocenters. The minimum Gasteiger partial charge on any atom is -0.292 e. The Balaban J connectivity index is 2.59. The van der Waals surface area contributed by atoms with E-state index < -0.39 is 0 Å². The number of nitro benzene ring substituents is 1. The van der Waals surface area contributed by atoms with Crippen molar-refractivity contribution in [3.05, 3.63) is 36.9 Å². The lowest BCUT2D eigenvalue weighted by atomic mass is 10.0. The summed E-state index contributed by atoms with van der Waals surface area (Å²) in [6, 6.07) is 3.19. The van der Waals surface area contributed by atoms with Gasteiger partial charge in [0.15, 0.2) is 0 Å².